The fourth-order valence-corrected chi connectivity index (χ4v) is 6.45. The molecule has 0 aliphatic heterocycles. The standard InChI is InChI=1S/C43H30/c1-29-16-18-30(19-17-29)35-20-22-38-37(24-35)28-41(32-12-6-3-7-13-32)43-27-36(21-23-39(38)43)42-26-34-15-9-8-14-33(34)25-40(42)31-10-4-2-5-11-31/h2-28H,1H3. The van der Waals surface area contributed by atoms with Crippen LogP contribution in [-0.2, 0) is 0 Å². The van der Waals surface area contributed by atoms with Crippen LogP contribution in [0.4, 0.5) is 0 Å². The Morgan fingerprint density at radius 3 is 1.47 bits per heavy atom. The molecule has 0 aromatic heterocycles. The van der Waals surface area contributed by atoms with Gasteiger partial charge < -0.3 is 0 Å². The lowest BCUT2D eigenvalue weighted by Gasteiger charge is -2.16. The van der Waals surface area contributed by atoms with Crippen molar-refractivity contribution in [3.63, 3.8) is 0 Å². The molecule has 0 fully saturated rings. The van der Waals surface area contributed by atoms with Gasteiger partial charge in [-0.1, -0.05) is 139 Å². The molecule has 0 saturated heterocycles. The normalized spacial score (nSPS) is 11.4. The molecule has 0 bridgehead atoms. The van der Waals surface area contributed by atoms with Crippen molar-refractivity contribution in [2.75, 3.05) is 0 Å². The van der Waals surface area contributed by atoms with Crippen LogP contribution in [0.5, 0.6) is 0 Å². The molecule has 0 atom stereocenters. The largest absolute Gasteiger partial charge is 0.0622 e. The summed E-state index contributed by atoms with van der Waals surface area (Å²) < 4.78 is 0. The van der Waals surface area contributed by atoms with E-state index in [-0.39, 0.29) is 0 Å². The number of benzene rings is 8. The lowest BCUT2D eigenvalue weighted by Crippen LogP contribution is -1.90. The second-order valence-corrected chi connectivity index (χ2v) is 11.5. The van der Waals surface area contributed by atoms with Crippen molar-refractivity contribution in [1.82, 2.24) is 0 Å². The minimum absolute atomic E-state index is 1.23. The van der Waals surface area contributed by atoms with Gasteiger partial charge in [0.05, 0.1) is 0 Å². The van der Waals surface area contributed by atoms with Gasteiger partial charge in [0.2, 0.25) is 0 Å². The van der Waals surface area contributed by atoms with E-state index in [2.05, 4.69) is 171 Å². The van der Waals surface area contributed by atoms with Crippen molar-refractivity contribution in [3.8, 4) is 44.5 Å². The quantitative estimate of drug-likeness (QED) is 0.193. The highest BCUT2D eigenvalue weighted by molar-refractivity contribution is 6.15. The predicted octanol–water partition coefficient (Wildman–Crippen LogP) is 12.1. The van der Waals surface area contributed by atoms with Crippen LogP contribution in [0, 0.1) is 6.92 Å². The molecule has 0 aliphatic carbocycles. The smallest absolute Gasteiger partial charge is 0.00928 e. The van der Waals surface area contributed by atoms with Gasteiger partial charge >= 0.3 is 0 Å². The third-order valence-electron chi connectivity index (χ3n) is 8.70. The van der Waals surface area contributed by atoms with E-state index in [1.54, 1.807) is 0 Å². The van der Waals surface area contributed by atoms with E-state index in [0.717, 1.165) is 0 Å². The molecule has 0 radical (unpaired) electrons. The maximum Gasteiger partial charge on any atom is -0.00928 e. The molecule has 0 aliphatic rings. The molecular weight excluding hydrogens is 516 g/mol. The Morgan fingerprint density at radius 2 is 0.791 bits per heavy atom. The van der Waals surface area contributed by atoms with Gasteiger partial charge in [-0.15, -0.1) is 0 Å². The van der Waals surface area contributed by atoms with E-state index in [0.29, 0.717) is 0 Å². The molecule has 0 N–H and O–H groups in total. The topological polar surface area (TPSA) is 0 Å². The Balaban J connectivity index is 1.39. The van der Waals surface area contributed by atoms with Crippen molar-refractivity contribution >= 4 is 32.3 Å². The van der Waals surface area contributed by atoms with Gasteiger partial charge in [-0.25, -0.2) is 0 Å². The van der Waals surface area contributed by atoms with E-state index in [1.165, 1.54) is 82.4 Å². The number of fused-ring (bicyclic) bond motifs is 4. The highest BCUT2D eigenvalue weighted by Gasteiger charge is 2.14. The highest BCUT2D eigenvalue weighted by atomic mass is 14.2. The van der Waals surface area contributed by atoms with Crippen LogP contribution in [0.3, 0.4) is 0 Å². The minimum Gasteiger partial charge on any atom is -0.0622 e. The zero-order valence-electron chi connectivity index (χ0n) is 24.1. The summed E-state index contributed by atoms with van der Waals surface area (Å²) in [7, 11) is 0. The Kier molecular flexibility index (Phi) is 6.12. The van der Waals surface area contributed by atoms with Crippen molar-refractivity contribution in [2.45, 2.75) is 6.92 Å². The average Bonchev–Trinajstić information content (AvgIpc) is 3.08. The first-order valence-corrected chi connectivity index (χ1v) is 14.9. The summed E-state index contributed by atoms with van der Waals surface area (Å²) in [4.78, 5) is 0. The molecule has 0 saturated carbocycles. The molecule has 202 valence electrons. The third kappa shape index (κ3) is 4.58. The molecule has 8 aromatic rings. The van der Waals surface area contributed by atoms with Crippen molar-refractivity contribution in [1.29, 1.82) is 0 Å². The summed E-state index contributed by atoms with van der Waals surface area (Å²) in [5.41, 5.74) is 11.2. The van der Waals surface area contributed by atoms with E-state index in [1.807, 2.05) is 0 Å². The predicted molar refractivity (Wildman–Crippen MR) is 185 cm³/mol. The number of hydrogen-bond donors (Lipinski definition) is 0. The first kappa shape index (κ1) is 25.3. The fourth-order valence-electron chi connectivity index (χ4n) is 6.45. The van der Waals surface area contributed by atoms with Gasteiger partial charge in [0.15, 0.2) is 0 Å². The Hall–Kier alpha value is -5.46. The minimum atomic E-state index is 1.23. The first-order valence-electron chi connectivity index (χ1n) is 14.9. The Bertz CT molecular complexity index is 2260. The summed E-state index contributed by atoms with van der Waals surface area (Å²) in [6.45, 7) is 2.14. The van der Waals surface area contributed by atoms with Gasteiger partial charge in [-0.05, 0) is 114 Å². The number of rotatable bonds is 4. The van der Waals surface area contributed by atoms with E-state index < -0.39 is 0 Å². The summed E-state index contributed by atoms with van der Waals surface area (Å²) in [6, 6.07) is 60.1. The van der Waals surface area contributed by atoms with Gasteiger partial charge in [0.1, 0.15) is 0 Å². The van der Waals surface area contributed by atoms with Gasteiger partial charge in [-0.3, -0.25) is 0 Å². The lowest BCUT2D eigenvalue weighted by atomic mass is 9.87. The van der Waals surface area contributed by atoms with Crippen LogP contribution in [-0.4, -0.2) is 0 Å². The molecule has 0 heteroatoms. The van der Waals surface area contributed by atoms with Crippen LogP contribution in [0.2, 0.25) is 0 Å². The van der Waals surface area contributed by atoms with Crippen molar-refractivity contribution < 1.29 is 0 Å². The molecule has 8 aromatic carbocycles. The van der Waals surface area contributed by atoms with Crippen molar-refractivity contribution in [2.24, 2.45) is 0 Å². The summed E-state index contributed by atoms with van der Waals surface area (Å²) in [6.07, 6.45) is 0. The third-order valence-corrected chi connectivity index (χ3v) is 8.70. The number of hydrogen-bond acceptors (Lipinski definition) is 0. The first-order chi connectivity index (χ1) is 21.2. The summed E-state index contributed by atoms with van der Waals surface area (Å²) >= 11 is 0. The molecule has 0 nitrogen and oxygen atoms in total. The zero-order chi connectivity index (χ0) is 28.8. The second-order valence-electron chi connectivity index (χ2n) is 11.5. The lowest BCUT2D eigenvalue weighted by molar-refractivity contribution is 1.47. The SMILES string of the molecule is Cc1ccc(-c2ccc3c(c2)cc(-c2ccccc2)c2cc(-c4cc5ccccc5cc4-c4ccccc4)ccc23)cc1. The molecule has 0 unspecified atom stereocenters. The zero-order valence-corrected chi connectivity index (χ0v) is 24.1. The maximum absolute atomic E-state index is 2.40. The summed E-state index contributed by atoms with van der Waals surface area (Å²) in [5, 5.41) is 7.59. The van der Waals surface area contributed by atoms with E-state index >= 15 is 0 Å². The average molecular weight is 547 g/mol. The van der Waals surface area contributed by atoms with Crippen LogP contribution in [0.1, 0.15) is 5.56 Å². The molecular formula is C43H30. The maximum atomic E-state index is 2.40. The van der Waals surface area contributed by atoms with Crippen LogP contribution in [0.15, 0.2) is 164 Å². The monoisotopic (exact) mass is 546 g/mol. The Labute approximate surface area is 252 Å². The molecule has 8 rings (SSSR count). The van der Waals surface area contributed by atoms with Gasteiger partial charge in [0, 0.05) is 0 Å². The molecule has 0 heterocycles. The molecule has 0 amide bonds. The highest BCUT2D eigenvalue weighted by Crippen LogP contribution is 2.41. The molecule has 0 spiro atoms. The van der Waals surface area contributed by atoms with Gasteiger partial charge in [-0.2, -0.15) is 0 Å². The number of aryl methyl sites for hydroxylation is 1. The van der Waals surface area contributed by atoms with E-state index in [9.17, 15) is 0 Å². The van der Waals surface area contributed by atoms with Crippen molar-refractivity contribution in [3.05, 3.63) is 169 Å². The van der Waals surface area contributed by atoms with E-state index in [4.69, 9.17) is 0 Å². The summed E-state index contributed by atoms with van der Waals surface area (Å²) in [5.74, 6) is 0. The van der Waals surface area contributed by atoms with Gasteiger partial charge in [0.25, 0.3) is 0 Å². The van der Waals surface area contributed by atoms with Crippen LogP contribution >= 0.6 is 0 Å². The second kappa shape index (κ2) is 10.4. The molecule has 43 heavy (non-hydrogen) atoms. The van der Waals surface area contributed by atoms with Crippen LogP contribution < -0.4 is 0 Å². The fraction of sp³-hybridized carbons (Fsp3) is 0.0233. The Morgan fingerprint density at radius 1 is 0.279 bits per heavy atom. The van der Waals surface area contributed by atoms with Crippen LogP contribution in [0.25, 0.3) is 76.8 Å².